The zero-order valence-electron chi connectivity index (χ0n) is 14.9. The summed E-state index contributed by atoms with van der Waals surface area (Å²) in [6, 6.07) is 6.25. The summed E-state index contributed by atoms with van der Waals surface area (Å²) in [6.07, 6.45) is 7.83. The number of hydrogen-bond donors (Lipinski definition) is 2. The summed E-state index contributed by atoms with van der Waals surface area (Å²) in [7, 11) is 0. The molecule has 0 saturated carbocycles. The molecule has 0 spiro atoms. The maximum atomic E-state index is 12.9. The number of benzene rings is 1. The second kappa shape index (κ2) is 7.24. The fourth-order valence-corrected chi connectivity index (χ4v) is 4.73. The Morgan fingerprint density at radius 3 is 2.72 bits per heavy atom. The number of phenols is 1. The van der Waals surface area contributed by atoms with Crippen molar-refractivity contribution < 1.29 is 9.90 Å². The monoisotopic (exact) mass is 343 g/mol. The van der Waals surface area contributed by atoms with Gasteiger partial charge in [0, 0.05) is 19.1 Å². The average molecular weight is 343 g/mol. The number of nitrogens with zero attached hydrogens (tertiary/aromatic N) is 2. The predicted molar refractivity (Wildman–Crippen MR) is 97.7 cm³/mol. The van der Waals surface area contributed by atoms with Gasteiger partial charge in [-0.05, 0) is 68.8 Å². The summed E-state index contributed by atoms with van der Waals surface area (Å²) in [5.41, 5.74) is 2.08. The normalized spacial score (nSPS) is 27.1. The highest BCUT2D eigenvalue weighted by molar-refractivity contribution is 5.75. The minimum absolute atomic E-state index is 0.0306. The molecule has 25 heavy (non-hydrogen) atoms. The van der Waals surface area contributed by atoms with Crippen molar-refractivity contribution in [3.8, 4) is 5.75 Å². The van der Waals surface area contributed by atoms with Gasteiger partial charge in [-0.25, -0.2) is 4.79 Å². The lowest BCUT2D eigenvalue weighted by molar-refractivity contribution is 0.163. The van der Waals surface area contributed by atoms with E-state index < -0.39 is 0 Å². The molecule has 5 nitrogen and oxygen atoms in total. The van der Waals surface area contributed by atoms with Gasteiger partial charge in [0.25, 0.3) is 0 Å². The van der Waals surface area contributed by atoms with Crippen LogP contribution in [0, 0.1) is 0 Å². The standard InChI is InChI=1S/C20H29N3O2/c24-19-8-5-7-16-17(19)9-10-18(16)21-20(25)23-13-2-1-6-15(14-23)22-11-3-4-12-22/h5,7-8,15,18,24H,1-4,6,9-14H2,(H,21,25)/t15-,18-/m0/s1. The van der Waals surface area contributed by atoms with Crippen LogP contribution in [0.4, 0.5) is 4.79 Å². The molecule has 3 aliphatic rings. The number of rotatable bonds is 2. The first-order chi connectivity index (χ1) is 12.2. The highest BCUT2D eigenvalue weighted by Crippen LogP contribution is 2.36. The zero-order chi connectivity index (χ0) is 17.2. The molecule has 2 amide bonds. The van der Waals surface area contributed by atoms with Gasteiger partial charge in [0.2, 0.25) is 0 Å². The number of aromatic hydroxyl groups is 1. The van der Waals surface area contributed by atoms with Crippen molar-refractivity contribution in [1.29, 1.82) is 0 Å². The van der Waals surface area contributed by atoms with Gasteiger partial charge in [-0.2, -0.15) is 0 Å². The minimum Gasteiger partial charge on any atom is -0.508 e. The average Bonchev–Trinajstić information content (AvgIpc) is 3.21. The van der Waals surface area contributed by atoms with Crippen LogP contribution in [0.15, 0.2) is 18.2 Å². The second-order valence-corrected chi connectivity index (χ2v) is 7.72. The van der Waals surface area contributed by atoms with Crippen molar-refractivity contribution >= 4 is 6.03 Å². The molecule has 2 N–H and O–H groups in total. The first kappa shape index (κ1) is 16.7. The lowest BCUT2D eigenvalue weighted by Crippen LogP contribution is -2.47. The molecule has 0 unspecified atom stereocenters. The number of fused-ring (bicyclic) bond motifs is 1. The molecule has 2 heterocycles. The Labute approximate surface area is 150 Å². The number of amides is 2. The summed E-state index contributed by atoms with van der Waals surface area (Å²) >= 11 is 0. The van der Waals surface area contributed by atoms with Crippen LogP contribution in [-0.2, 0) is 6.42 Å². The molecule has 4 rings (SSSR count). The van der Waals surface area contributed by atoms with E-state index in [9.17, 15) is 9.90 Å². The molecule has 0 radical (unpaired) electrons. The van der Waals surface area contributed by atoms with Crippen molar-refractivity contribution in [3.05, 3.63) is 29.3 Å². The van der Waals surface area contributed by atoms with Crippen LogP contribution in [0.1, 0.15) is 55.7 Å². The molecule has 2 atom stereocenters. The first-order valence-electron chi connectivity index (χ1n) is 9.82. The van der Waals surface area contributed by atoms with Crippen molar-refractivity contribution in [3.63, 3.8) is 0 Å². The molecule has 0 bridgehead atoms. The molecular weight excluding hydrogens is 314 g/mol. The van der Waals surface area contributed by atoms with E-state index in [1.807, 2.05) is 17.0 Å². The number of likely N-dealkylation sites (tertiary alicyclic amines) is 2. The Morgan fingerprint density at radius 2 is 1.88 bits per heavy atom. The smallest absolute Gasteiger partial charge is 0.317 e. The van der Waals surface area contributed by atoms with Crippen LogP contribution in [0.3, 0.4) is 0 Å². The van der Waals surface area contributed by atoms with E-state index in [-0.39, 0.29) is 12.1 Å². The van der Waals surface area contributed by atoms with Crippen LogP contribution < -0.4 is 5.32 Å². The number of carbonyl (C=O) groups is 1. The van der Waals surface area contributed by atoms with E-state index in [1.54, 1.807) is 6.07 Å². The van der Waals surface area contributed by atoms with Gasteiger partial charge in [0.15, 0.2) is 0 Å². The Kier molecular flexibility index (Phi) is 4.84. The SMILES string of the molecule is O=C(N[C@H]1CCc2c(O)cccc21)N1CCCC[C@H](N2CCCC2)C1. The van der Waals surface area contributed by atoms with Gasteiger partial charge in [0.05, 0.1) is 6.04 Å². The maximum absolute atomic E-state index is 12.9. The van der Waals surface area contributed by atoms with Crippen molar-refractivity contribution in [1.82, 2.24) is 15.1 Å². The topological polar surface area (TPSA) is 55.8 Å². The third-order valence-electron chi connectivity index (χ3n) is 6.13. The van der Waals surface area contributed by atoms with Crippen LogP contribution in [-0.4, -0.2) is 53.2 Å². The second-order valence-electron chi connectivity index (χ2n) is 7.72. The summed E-state index contributed by atoms with van der Waals surface area (Å²) in [5, 5.41) is 13.2. The molecule has 2 aliphatic heterocycles. The number of carbonyl (C=O) groups excluding carboxylic acids is 1. The van der Waals surface area contributed by atoms with Crippen LogP contribution >= 0.6 is 0 Å². The molecule has 2 saturated heterocycles. The van der Waals surface area contributed by atoms with Crippen molar-refractivity contribution in [2.24, 2.45) is 0 Å². The Hall–Kier alpha value is -1.75. The van der Waals surface area contributed by atoms with Crippen LogP contribution in [0.5, 0.6) is 5.75 Å². The van der Waals surface area contributed by atoms with Crippen molar-refractivity contribution in [2.45, 2.75) is 57.0 Å². The molecule has 1 aromatic carbocycles. The van der Waals surface area contributed by atoms with Gasteiger partial charge in [0.1, 0.15) is 5.75 Å². The number of phenolic OH excluding ortho intramolecular Hbond substituents is 1. The number of hydrogen-bond acceptors (Lipinski definition) is 3. The number of urea groups is 1. The summed E-state index contributed by atoms with van der Waals surface area (Å²) in [5.74, 6) is 0.359. The van der Waals surface area contributed by atoms with Gasteiger partial charge in [-0.15, -0.1) is 0 Å². The first-order valence-corrected chi connectivity index (χ1v) is 9.82. The largest absolute Gasteiger partial charge is 0.508 e. The Morgan fingerprint density at radius 1 is 1.08 bits per heavy atom. The molecule has 136 valence electrons. The molecule has 5 heteroatoms. The highest BCUT2D eigenvalue weighted by Gasteiger charge is 2.31. The quantitative estimate of drug-likeness (QED) is 0.868. The zero-order valence-corrected chi connectivity index (χ0v) is 14.9. The fraction of sp³-hybridized carbons (Fsp3) is 0.650. The Bertz CT molecular complexity index is 627. The van der Waals surface area contributed by atoms with Crippen LogP contribution in [0.2, 0.25) is 0 Å². The molecule has 1 aliphatic carbocycles. The lowest BCUT2D eigenvalue weighted by atomic mass is 10.1. The van der Waals surface area contributed by atoms with E-state index >= 15 is 0 Å². The summed E-state index contributed by atoms with van der Waals surface area (Å²) in [4.78, 5) is 17.5. The molecular formula is C20H29N3O2. The van der Waals surface area contributed by atoms with Gasteiger partial charge >= 0.3 is 6.03 Å². The van der Waals surface area contributed by atoms with Crippen molar-refractivity contribution in [2.75, 3.05) is 26.2 Å². The van der Waals surface area contributed by atoms with E-state index in [1.165, 1.54) is 38.8 Å². The van der Waals surface area contributed by atoms with E-state index in [0.717, 1.165) is 43.5 Å². The van der Waals surface area contributed by atoms with E-state index in [4.69, 9.17) is 0 Å². The Balaban J connectivity index is 1.41. The minimum atomic E-state index is 0.0306. The summed E-state index contributed by atoms with van der Waals surface area (Å²) < 4.78 is 0. The third-order valence-corrected chi connectivity index (χ3v) is 6.13. The van der Waals surface area contributed by atoms with Gasteiger partial charge in [-0.3, -0.25) is 4.90 Å². The maximum Gasteiger partial charge on any atom is 0.317 e. The van der Waals surface area contributed by atoms with Gasteiger partial charge < -0.3 is 15.3 Å². The third kappa shape index (κ3) is 3.47. The number of nitrogens with one attached hydrogen (secondary N) is 1. The molecule has 0 aromatic heterocycles. The fourth-order valence-electron chi connectivity index (χ4n) is 4.73. The van der Waals surface area contributed by atoms with E-state index in [0.29, 0.717) is 11.8 Å². The van der Waals surface area contributed by atoms with Gasteiger partial charge in [-0.1, -0.05) is 18.6 Å². The van der Waals surface area contributed by atoms with E-state index in [2.05, 4.69) is 10.2 Å². The predicted octanol–water partition coefficient (Wildman–Crippen LogP) is 3.04. The highest BCUT2D eigenvalue weighted by atomic mass is 16.3. The lowest BCUT2D eigenvalue weighted by Gasteiger charge is -2.31. The molecule has 2 fully saturated rings. The summed E-state index contributed by atoms with van der Waals surface area (Å²) in [6.45, 7) is 4.09. The van der Waals surface area contributed by atoms with Crippen LogP contribution in [0.25, 0.3) is 0 Å². The molecule has 1 aromatic rings.